The Hall–Kier alpha value is -2.15. The van der Waals surface area contributed by atoms with Gasteiger partial charge in [0.1, 0.15) is 5.70 Å². The fourth-order valence-electron chi connectivity index (χ4n) is 2.70. The molecule has 0 aliphatic carbocycles. The van der Waals surface area contributed by atoms with Gasteiger partial charge in [-0.1, -0.05) is 29.8 Å². The summed E-state index contributed by atoms with van der Waals surface area (Å²) in [6, 6.07) is 7.39. The molecular weight excluding hydrogens is 314 g/mol. The third-order valence-electron chi connectivity index (χ3n) is 4.13. The number of rotatable bonds is 2. The van der Waals surface area contributed by atoms with Crippen molar-refractivity contribution in [1.82, 2.24) is 9.21 Å². The molecule has 0 aromatic heterocycles. The summed E-state index contributed by atoms with van der Waals surface area (Å²) in [6.07, 6.45) is 3.47. The van der Waals surface area contributed by atoms with E-state index in [0.717, 1.165) is 22.7 Å². The molecular formula is C16H19N3O3S. The molecule has 0 atom stereocenters. The number of carbonyl (C=O) groups excluding carboxylic acids is 1. The Labute approximate surface area is 136 Å². The first-order valence-corrected chi connectivity index (χ1v) is 8.95. The Morgan fingerprint density at radius 3 is 2.35 bits per heavy atom. The fourth-order valence-corrected chi connectivity index (χ4v) is 3.60. The standard InChI is InChI=1S/C16H19N3O3S/c1-12-5-7-13(8-6-12)14-11-15(18(2)23(21,22)17-14)16(20)19-9-3-4-10-19/h5-8,11H,3-4,9-10H2,1-2H3. The number of likely N-dealkylation sites (tertiary alicyclic amines) is 1. The summed E-state index contributed by atoms with van der Waals surface area (Å²) < 4.78 is 29.4. The van der Waals surface area contributed by atoms with Gasteiger partial charge in [-0.15, -0.1) is 4.40 Å². The molecule has 1 aromatic carbocycles. The maximum atomic E-state index is 12.6. The molecule has 0 N–H and O–H groups in total. The van der Waals surface area contributed by atoms with E-state index >= 15 is 0 Å². The maximum absolute atomic E-state index is 12.6. The first-order valence-electron chi connectivity index (χ1n) is 7.55. The minimum Gasteiger partial charge on any atom is -0.337 e. The van der Waals surface area contributed by atoms with Crippen LogP contribution >= 0.6 is 0 Å². The molecule has 1 saturated heterocycles. The molecule has 7 heteroatoms. The molecule has 2 aliphatic rings. The van der Waals surface area contributed by atoms with Gasteiger partial charge in [-0.2, -0.15) is 8.42 Å². The summed E-state index contributed by atoms with van der Waals surface area (Å²) in [6.45, 7) is 3.29. The summed E-state index contributed by atoms with van der Waals surface area (Å²) >= 11 is 0. The van der Waals surface area contributed by atoms with E-state index in [4.69, 9.17) is 0 Å². The molecule has 0 spiro atoms. The Morgan fingerprint density at radius 1 is 1.13 bits per heavy atom. The maximum Gasteiger partial charge on any atom is 0.345 e. The first kappa shape index (κ1) is 15.7. The Kier molecular flexibility index (Phi) is 3.97. The number of benzene rings is 1. The molecule has 0 unspecified atom stereocenters. The van der Waals surface area contributed by atoms with Crippen LogP contribution in [0.5, 0.6) is 0 Å². The summed E-state index contributed by atoms with van der Waals surface area (Å²) in [5, 5.41) is 0. The van der Waals surface area contributed by atoms with Gasteiger partial charge in [0.25, 0.3) is 5.91 Å². The number of carbonyl (C=O) groups is 1. The number of amides is 1. The Bertz CT molecular complexity index is 788. The monoisotopic (exact) mass is 333 g/mol. The van der Waals surface area contributed by atoms with E-state index in [9.17, 15) is 13.2 Å². The van der Waals surface area contributed by atoms with Crippen molar-refractivity contribution in [2.45, 2.75) is 19.8 Å². The Morgan fingerprint density at radius 2 is 1.74 bits per heavy atom. The van der Waals surface area contributed by atoms with E-state index in [2.05, 4.69) is 4.40 Å². The Balaban J connectivity index is 2.02. The van der Waals surface area contributed by atoms with Gasteiger partial charge in [-0.25, -0.2) is 4.31 Å². The van der Waals surface area contributed by atoms with Gasteiger partial charge >= 0.3 is 10.2 Å². The van der Waals surface area contributed by atoms with Gasteiger partial charge in [0, 0.05) is 25.7 Å². The van der Waals surface area contributed by atoms with Crippen molar-refractivity contribution in [2.75, 3.05) is 20.1 Å². The van der Waals surface area contributed by atoms with Crippen LogP contribution in [-0.2, 0) is 15.0 Å². The SMILES string of the molecule is Cc1ccc(C2=NS(=O)(=O)N(C)C(C(=O)N3CCCC3)=C2)cc1. The van der Waals surface area contributed by atoms with E-state index in [1.54, 1.807) is 11.0 Å². The fraction of sp³-hybridized carbons (Fsp3) is 0.375. The van der Waals surface area contributed by atoms with Crippen molar-refractivity contribution in [1.29, 1.82) is 0 Å². The molecule has 0 saturated carbocycles. The smallest absolute Gasteiger partial charge is 0.337 e. The van der Waals surface area contributed by atoms with Crippen LogP contribution < -0.4 is 0 Å². The van der Waals surface area contributed by atoms with Gasteiger partial charge in [0.15, 0.2) is 0 Å². The lowest BCUT2D eigenvalue weighted by Gasteiger charge is -2.26. The highest BCUT2D eigenvalue weighted by molar-refractivity contribution is 7.88. The second-order valence-electron chi connectivity index (χ2n) is 5.82. The van der Waals surface area contributed by atoms with Gasteiger partial charge in [0.2, 0.25) is 0 Å². The van der Waals surface area contributed by atoms with Crippen molar-refractivity contribution in [3.05, 3.63) is 47.2 Å². The number of likely N-dealkylation sites (N-methyl/N-ethyl adjacent to an activating group) is 1. The molecule has 122 valence electrons. The lowest BCUT2D eigenvalue weighted by Crippen LogP contribution is -2.39. The average Bonchev–Trinajstić information content (AvgIpc) is 3.04. The number of hydrogen-bond donors (Lipinski definition) is 0. The number of hydrogen-bond acceptors (Lipinski definition) is 3. The van der Waals surface area contributed by atoms with Crippen LogP contribution in [0.25, 0.3) is 0 Å². The summed E-state index contributed by atoms with van der Waals surface area (Å²) in [5.41, 5.74) is 2.20. The van der Waals surface area contributed by atoms with E-state index in [1.807, 2.05) is 31.2 Å². The molecule has 2 heterocycles. The second kappa shape index (κ2) is 5.81. The zero-order valence-electron chi connectivity index (χ0n) is 13.2. The van der Waals surface area contributed by atoms with Crippen LogP contribution in [0.15, 0.2) is 40.4 Å². The normalized spacial score (nSPS) is 20.3. The second-order valence-corrected chi connectivity index (χ2v) is 7.44. The van der Waals surface area contributed by atoms with Gasteiger partial charge in [-0.3, -0.25) is 4.79 Å². The lowest BCUT2D eigenvalue weighted by atomic mass is 10.1. The van der Waals surface area contributed by atoms with Gasteiger partial charge < -0.3 is 4.90 Å². The lowest BCUT2D eigenvalue weighted by molar-refractivity contribution is -0.127. The van der Waals surface area contributed by atoms with Gasteiger partial charge in [0.05, 0.1) is 5.71 Å². The molecule has 23 heavy (non-hydrogen) atoms. The van der Waals surface area contributed by atoms with Crippen LogP contribution in [0.1, 0.15) is 24.0 Å². The van der Waals surface area contributed by atoms with E-state index in [0.29, 0.717) is 24.4 Å². The molecule has 1 fully saturated rings. The predicted molar refractivity (Wildman–Crippen MR) is 88.3 cm³/mol. The highest BCUT2D eigenvalue weighted by Gasteiger charge is 2.33. The van der Waals surface area contributed by atoms with Crippen LogP contribution in [0.4, 0.5) is 0 Å². The van der Waals surface area contributed by atoms with E-state index in [1.165, 1.54) is 7.05 Å². The highest BCUT2D eigenvalue weighted by atomic mass is 32.2. The highest BCUT2D eigenvalue weighted by Crippen LogP contribution is 2.22. The van der Waals surface area contributed by atoms with Crippen molar-refractivity contribution in [2.24, 2.45) is 4.40 Å². The minimum atomic E-state index is -3.89. The largest absolute Gasteiger partial charge is 0.345 e. The molecule has 0 radical (unpaired) electrons. The van der Waals surface area contributed by atoms with Crippen molar-refractivity contribution < 1.29 is 13.2 Å². The number of aryl methyl sites for hydroxylation is 1. The van der Waals surface area contributed by atoms with E-state index in [-0.39, 0.29) is 11.6 Å². The van der Waals surface area contributed by atoms with Crippen LogP contribution in [0.2, 0.25) is 0 Å². The van der Waals surface area contributed by atoms with Crippen LogP contribution in [-0.4, -0.2) is 49.4 Å². The third kappa shape index (κ3) is 3.01. The predicted octanol–water partition coefficient (Wildman–Crippen LogP) is 1.48. The summed E-state index contributed by atoms with van der Waals surface area (Å²) in [5.74, 6) is -0.256. The first-order chi connectivity index (χ1) is 10.9. The zero-order chi connectivity index (χ0) is 16.6. The average molecular weight is 333 g/mol. The van der Waals surface area contributed by atoms with E-state index < -0.39 is 10.2 Å². The third-order valence-corrected chi connectivity index (χ3v) is 5.45. The quantitative estimate of drug-likeness (QED) is 0.823. The topological polar surface area (TPSA) is 70.0 Å². The van der Waals surface area contributed by atoms with Crippen LogP contribution in [0, 0.1) is 6.92 Å². The zero-order valence-corrected chi connectivity index (χ0v) is 14.0. The molecule has 2 aliphatic heterocycles. The van der Waals surface area contributed by atoms with Crippen LogP contribution in [0.3, 0.4) is 0 Å². The molecule has 1 amide bonds. The molecule has 3 rings (SSSR count). The minimum absolute atomic E-state index is 0.150. The molecule has 1 aromatic rings. The number of allylic oxidation sites excluding steroid dienone is 1. The van der Waals surface area contributed by atoms with Gasteiger partial charge in [-0.05, 0) is 25.8 Å². The van der Waals surface area contributed by atoms with Crippen molar-refractivity contribution in [3.63, 3.8) is 0 Å². The molecule has 0 bridgehead atoms. The van der Waals surface area contributed by atoms with Crippen molar-refractivity contribution in [3.8, 4) is 0 Å². The molecule has 6 nitrogen and oxygen atoms in total. The summed E-state index contributed by atoms with van der Waals surface area (Å²) in [7, 11) is -2.52. The number of nitrogens with zero attached hydrogens (tertiary/aromatic N) is 3. The summed E-state index contributed by atoms with van der Waals surface area (Å²) in [4.78, 5) is 14.3. The van der Waals surface area contributed by atoms with Crippen molar-refractivity contribution >= 4 is 21.8 Å².